The summed E-state index contributed by atoms with van der Waals surface area (Å²) in [5, 5.41) is 3.33. The molecule has 1 fully saturated rings. The zero-order chi connectivity index (χ0) is 12.3. The van der Waals surface area contributed by atoms with Crippen molar-refractivity contribution < 1.29 is 4.79 Å². The second-order valence-electron chi connectivity index (χ2n) is 4.41. The van der Waals surface area contributed by atoms with Gasteiger partial charge < -0.3 is 10.2 Å². The first-order valence-corrected chi connectivity index (χ1v) is 5.92. The highest BCUT2D eigenvalue weighted by Crippen LogP contribution is 2.23. The average molecular weight is 230 g/mol. The van der Waals surface area contributed by atoms with Gasteiger partial charge in [-0.2, -0.15) is 0 Å². The van der Waals surface area contributed by atoms with Crippen LogP contribution in [0.4, 0.5) is 0 Å². The van der Waals surface area contributed by atoms with Gasteiger partial charge in [-0.1, -0.05) is 36.9 Å². The predicted octanol–water partition coefficient (Wildman–Crippen LogP) is 1.74. The van der Waals surface area contributed by atoms with Crippen LogP contribution >= 0.6 is 0 Å². The molecule has 3 heteroatoms. The maximum Gasteiger partial charge on any atom is 0.249 e. The highest BCUT2D eigenvalue weighted by atomic mass is 16.2. The van der Waals surface area contributed by atoms with Gasteiger partial charge in [-0.15, -0.1) is 0 Å². The molecule has 1 aromatic rings. The number of hydrogen-bond acceptors (Lipinski definition) is 2. The number of amides is 1. The summed E-state index contributed by atoms with van der Waals surface area (Å²) < 4.78 is 0. The number of rotatable bonds is 2. The number of piperazine rings is 1. The Morgan fingerprint density at radius 1 is 1.41 bits per heavy atom. The van der Waals surface area contributed by atoms with Crippen molar-refractivity contribution in [1.29, 1.82) is 0 Å². The first-order chi connectivity index (χ1) is 8.20. The van der Waals surface area contributed by atoms with Crippen LogP contribution in [0.1, 0.15) is 18.5 Å². The van der Waals surface area contributed by atoms with Crippen LogP contribution in [0.25, 0.3) is 0 Å². The molecular formula is C14H18N2O. The first-order valence-electron chi connectivity index (χ1n) is 5.92. The zero-order valence-corrected chi connectivity index (χ0v) is 10.1. The average Bonchev–Trinajstić information content (AvgIpc) is 2.39. The Morgan fingerprint density at radius 3 is 2.76 bits per heavy atom. The van der Waals surface area contributed by atoms with Gasteiger partial charge in [0.2, 0.25) is 5.91 Å². The van der Waals surface area contributed by atoms with Crippen LogP contribution in [-0.4, -0.2) is 30.4 Å². The second kappa shape index (κ2) is 5.15. The third kappa shape index (κ3) is 2.56. The van der Waals surface area contributed by atoms with Crippen LogP contribution in [0.2, 0.25) is 0 Å². The topological polar surface area (TPSA) is 32.3 Å². The van der Waals surface area contributed by atoms with Gasteiger partial charge in [-0.3, -0.25) is 4.79 Å². The molecule has 1 unspecified atom stereocenters. The van der Waals surface area contributed by atoms with Crippen molar-refractivity contribution in [2.75, 3.05) is 19.6 Å². The minimum atomic E-state index is 0.0559. The lowest BCUT2D eigenvalue weighted by Crippen LogP contribution is -2.48. The zero-order valence-electron chi connectivity index (χ0n) is 10.1. The van der Waals surface area contributed by atoms with Crippen molar-refractivity contribution in [2.45, 2.75) is 13.0 Å². The van der Waals surface area contributed by atoms with E-state index in [1.165, 1.54) is 5.56 Å². The van der Waals surface area contributed by atoms with E-state index < -0.39 is 0 Å². The number of carbonyl (C=O) groups excluding carboxylic acids is 1. The number of hydrogen-bond donors (Lipinski definition) is 1. The summed E-state index contributed by atoms with van der Waals surface area (Å²) in [5.74, 6) is 0.0559. The Bertz CT molecular complexity index is 413. The van der Waals surface area contributed by atoms with Crippen LogP contribution in [0.15, 0.2) is 42.5 Å². The summed E-state index contributed by atoms with van der Waals surface area (Å²) in [7, 11) is 0. The second-order valence-corrected chi connectivity index (χ2v) is 4.41. The molecule has 1 saturated heterocycles. The van der Waals surface area contributed by atoms with E-state index in [1.54, 1.807) is 6.92 Å². The van der Waals surface area contributed by atoms with E-state index in [0.29, 0.717) is 5.57 Å². The molecule has 3 nitrogen and oxygen atoms in total. The molecule has 1 heterocycles. The largest absolute Gasteiger partial charge is 0.329 e. The molecule has 1 N–H and O–H groups in total. The molecule has 0 spiro atoms. The Hall–Kier alpha value is -1.61. The maximum absolute atomic E-state index is 12.1. The molecule has 0 bridgehead atoms. The van der Waals surface area contributed by atoms with Crippen LogP contribution in [0.5, 0.6) is 0 Å². The highest BCUT2D eigenvalue weighted by molar-refractivity contribution is 5.92. The van der Waals surface area contributed by atoms with E-state index >= 15 is 0 Å². The molecule has 0 aromatic heterocycles. The third-order valence-corrected chi connectivity index (χ3v) is 3.05. The lowest BCUT2D eigenvalue weighted by Gasteiger charge is -2.36. The summed E-state index contributed by atoms with van der Waals surface area (Å²) >= 11 is 0. The van der Waals surface area contributed by atoms with Crippen molar-refractivity contribution in [2.24, 2.45) is 0 Å². The molecule has 1 aliphatic rings. The van der Waals surface area contributed by atoms with E-state index in [9.17, 15) is 4.79 Å². The predicted molar refractivity (Wildman–Crippen MR) is 68.6 cm³/mol. The van der Waals surface area contributed by atoms with Gasteiger partial charge >= 0.3 is 0 Å². The van der Waals surface area contributed by atoms with Gasteiger partial charge in [-0.25, -0.2) is 0 Å². The van der Waals surface area contributed by atoms with Crippen LogP contribution in [-0.2, 0) is 4.79 Å². The molecule has 0 radical (unpaired) electrons. The van der Waals surface area contributed by atoms with Crippen molar-refractivity contribution in [3.63, 3.8) is 0 Å². The van der Waals surface area contributed by atoms with Gasteiger partial charge in [0.15, 0.2) is 0 Å². The fraction of sp³-hybridized carbons (Fsp3) is 0.357. The molecule has 1 amide bonds. The molecule has 1 aliphatic heterocycles. The van der Waals surface area contributed by atoms with Crippen LogP contribution in [0, 0.1) is 0 Å². The monoisotopic (exact) mass is 230 g/mol. The van der Waals surface area contributed by atoms with Gasteiger partial charge in [0.25, 0.3) is 0 Å². The molecule has 0 aliphatic carbocycles. The first kappa shape index (κ1) is 11.9. The van der Waals surface area contributed by atoms with Crippen molar-refractivity contribution in [3.05, 3.63) is 48.0 Å². The van der Waals surface area contributed by atoms with Gasteiger partial charge in [0.05, 0.1) is 6.04 Å². The van der Waals surface area contributed by atoms with Gasteiger partial charge in [0.1, 0.15) is 0 Å². The van der Waals surface area contributed by atoms with E-state index in [1.807, 2.05) is 23.1 Å². The Morgan fingerprint density at radius 2 is 2.12 bits per heavy atom. The molecule has 90 valence electrons. The SMILES string of the molecule is C=C(C)C(=O)N1CCNCC1c1ccccc1. The normalized spacial score (nSPS) is 20.1. The summed E-state index contributed by atoms with van der Waals surface area (Å²) in [5.41, 5.74) is 1.78. The van der Waals surface area contributed by atoms with E-state index in [2.05, 4.69) is 24.0 Å². The summed E-state index contributed by atoms with van der Waals surface area (Å²) in [6.45, 7) is 7.92. The van der Waals surface area contributed by atoms with Gasteiger partial charge in [0, 0.05) is 25.2 Å². The number of carbonyl (C=O) groups is 1. The quantitative estimate of drug-likeness (QED) is 0.785. The standard InChI is InChI=1S/C14H18N2O/c1-11(2)14(17)16-9-8-15-10-13(16)12-6-4-3-5-7-12/h3-7,13,15H,1,8-10H2,2H3. The van der Waals surface area contributed by atoms with E-state index in [4.69, 9.17) is 0 Å². The van der Waals surface area contributed by atoms with Gasteiger partial charge in [-0.05, 0) is 12.5 Å². The molecule has 0 saturated carbocycles. The highest BCUT2D eigenvalue weighted by Gasteiger charge is 2.27. The molecule has 1 aromatic carbocycles. The smallest absolute Gasteiger partial charge is 0.249 e. The summed E-state index contributed by atoms with van der Waals surface area (Å²) in [6.07, 6.45) is 0. The molecular weight excluding hydrogens is 212 g/mol. The Kier molecular flexibility index (Phi) is 3.59. The maximum atomic E-state index is 12.1. The number of nitrogens with one attached hydrogen (secondary N) is 1. The summed E-state index contributed by atoms with van der Waals surface area (Å²) in [6, 6.07) is 10.3. The number of benzene rings is 1. The van der Waals surface area contributed by atoms with Crippen molar-refractivity contribution in [1.82, 2.24) is 10.2 Å². The fourth-order valence-electron chi connectivity index (χ4n) is 2.17. The Balaban J connectivity index is 2.24. The van der Waals surface area contributed by atoms with E-state index in [-0.39, 0.29) is 11.9 Å². The van der Waals surface area contributed by atoms with Crippen molar-refractivity contribution in [3.8, 4) is 0 Å². The molecule has 2 rings (SSSR count). The Labute approximate surface area is 102 Å². The minimum Gasteiger partial charge on any atom is -0.329 e. The van der Waals surface area contributed by atoms with E-state index in [0.717, 1.165) is 19.6 Å². The minimum absolute atomic E-state index is 0.0559. The fourth-order valence-corrected chi connectivity index (χ4v) is 2.17. The lowest BCUT2D eigenvalue weighted by atomic mass is 10.0. The molecule has 17 heavy (non-hydrogen) atoms. The number of nitrogens with zero attached hydrogens (tertiary/aromatic N) is 1. The van der Waals surface area contributed by atoms with Crippen LogP contribution in [0.3, 0.4) is 0 Å². The van der Waals surface area contributed by atoms with Crippen LogP contribution < -0.4 is 5.32 Å². The molecule has 1 atom stereocenters. The third-order valence-electron chi connectivity index (χ3n) is 3.05. The lowest BCUT2D eigenvalue weighted by molar-refractivity contribution is -0.130. The summed E-state index contributed by atoms with van der Waals surface area (Å²) in [4.78, 5) is 14.0. The van der Waals surface area contributed by atoms with Crippen molar-refractivity contribution >= 4 is 5.91 Å².